The van der Waals surface area contributed by atoms with Crippen LogP contribution < -0.4 is 9.46 Å². The van der Waals surface area contributed by atoms with Gasteiger partial charge in [0.1, 0.15) is 10.9 Å². The lowest BCUT2D eigenvalue weighted by atomic mass is 10.3. The molecule has 7 heteroatoms. The van der Waals surface area contributed by atoms with Gasteiger partial charge in [-0.15, -0.1) is 0 Å². The Kier molecular flexibility index (Phi) is 4.46. The minimum atomic E-state index is -3.68. The number of aromatic nitrogens is 1. The Balaban J connectivity index is 2.20. The van der Waals surface area contributed by atoms with E-state index < -0.39 is 10.0 Å². The van der Waals surface area contributed by atoms with Crippen LogP contribution in [0.3, 0.4) is 0 Å². The zero-order valence-electron chi connectivity index (χ0n) is 10.7. The Morgan fingerprint density at radius 1 is 1.25 bits per heavy atom. The van der Waals surface area contributed by atoms with E-state index in [1.807, 2.05) is 6.92 Å². The van der Waals surface area contributed by atoms with Crippen molar-refractivity contribution in [1.82, 2.24) is 4.98 Å². The molecule has 0 atom stereocenters. The Labute approximate surface area is 122 Å². The fourth-order valence-corrected chi connectivity index (χ4v) is 2.86. The molecule has 1 N–H and O–H groups in total. The maximum atomic E-state index is 12.1. The van der Waals surface area contributed by atoms with Gasteiger partial charge in [0, 0.05) is 11.9 Å². The van der Waals surface area contributed by atoms with E-state index >= 15 is 0 Å². The molecule has 0 aliphatic carbocycles. The number of sulfonamides is 1. The highest BCUT2D eigenvalue weighted by atomic mass is 35.5. The molecule has 0 saturated heterocycles. The molecule has 2 aromatic rings. The summed E-state index contributed by atoms with van der Waals surface area (Å²) >= 11 is 5.69. The van der Waals surface area contributed by atoms with Crippen molar-refractivity contribution in [3.63, 3.8) is 0 Å². The quantitative estimate of drug-likeness (QED) is 0.862. The summed E-state index contributed by atoms with van der Waals surface area (Å²) in [5.74, 6) is 0.683. The fraction of sp³-hybridized carbons (Fsp3) is 0.154. The second kappa shape index (κ2) is 6.11. The molecule has 5 nitrogen and oxygen atoms in total. The van der Waals surface area contributed by atoms with Crippen LogP contribution in [0.5, 0.6) is 5.75 Å². The van der Waals surface area contributed by atoms with Crippen molar-refractivity contribution in [3.8, 4) is 5.75 Å². The highest BCUT2D eigenvalue weighted by molar-refractivity contribution is 7.92. The number of pyridine rings is 1. The van der Waals surface area contributed by atoms with Crippen LogP contribution in [0.2, 0.25) is 5.15 Å². The zero-order valence-corrected chi connectivity index (χ0v) is 12.3. The summed E-state index contributed by atoms with van der Waals surface area (Å²) in [5, 5.41) is 0.125. The van der Waals surface area contributed by atoms with Crippen LogP contribution in [0.4, 0.5) is 5.69 Å². The van der Waals surface area contributed by atoms with Crippen LogP contribution in [0, 0.1) is 0 Å². The monoisotopic (exact) mass is 312 g/mol. The van der Waals surface area contributed by atoms with E-state index in [1.165, 1.54) is 18.3 Å². The summed E-state index contributed by atoms with van der Waals surface area (Å²) in [6.07, 6.45) is 1.34. The molecule has 1 aromatic heterocycles. The average molecular weight is 313 g/mol. The van der Waals surface area contributed by atoms with E-state index in [2.05, 4.69) is 9.71 Å². The summed E-state index contributed by atoms with van der Waals surface area (Å²) in [4.78, 5) is 3.81. The third-order valence-corrected chi connectivity index (χ3v) is 4.01. The van der Waals surface area contributed by atoms with Crippen molar-refractivity contribution >= 4 is 27.3 Å². The maximum Gasteiger partial charge on any atom is 0.262 e. The SMILES string of the molecule is CCOc1ccc(NS(=O)(=O)c2ccnc(Cl)c2)cc1. The third kappa shape index (κ3) is 3.61. The molecule has 0 unspecified atom stereocenters. The Morgan fingerprint density at radius 2 is 1.95 bits per heavy atom. The number of halogens is 1. The minimum Gasteiger partial charge on any atom is -0.494 e. The Morgan fingerprint density at radius 3 is 2.55 bits per heavy atom. The number of anilines is 1. The van der Waals surface area contributed by atoms with E-state index in [0.717, 1.165) is 0 Å². The highest BCUT2D eigenvalue weighted by Gasteiger charge is 2.14. The smallest absolute Gasteiger partial charge is 0.262 e. The predicted molar refractivity (Wildman–Crippen MR) is 77.7 cm³/mol. The Hall–Kier alpha value is -1.79. The van der Waals surface area contributed by atoms with Crippen molar-refractivity contribution in [2.75, 3.05) is 11.3 Å². The normalized spacial score (nSPS) is 11.1. The van der Waals surface area contributed by atoms with Crippen LogP contribution in [0.1, 0.15) is 6.92 Å². The molecular formula is C13H13ClN2O3S. The summed E-state index contributed by atoms with van der Waals surface area (Å²) in [5.41, 5.74) is 0.446. The van der Waals surface area contributed by atoms with Crippen LogP contribution in [0.25, 0.3) is 0 Å². The Bertz CT molecular complexity index is 687. The maximum absolute atomic E-state index is 12.1. The zero-order chi connectivity index (χ0) is 14.6. The van der Waals surface area contributed by atoms with E-state index in [9.17, 15) is 8.42 Å². The van der Waals surface area contributed by atoms with Gasteiger partial charge in [0.15, 0.2) is 0 Å². The van der Waals surface area contributed by atoms with E-state index in [1.54, 1.807) is 24.3 Å². The molecule has 0 aliphatic rings. The van der Waals surface area contributed by atoms with Gasteiger partial charge >= 0.3 is 0 Å². The first-order valence-corrected chi connectivity index (χ1v) is 7.74. The van der Waals surface area contributed by atoms with Gasteiger partial charge in [-0.25, -0.2) is 13.4 Å². The van der Waals surface area contributed by atoms with Crippen LogP contribution in [0.15, 0.2) is 47.5 Å². The first kappa shape index (κ1) is 14.6. The van der Waals surface area contributed by atoms with E-state index in [0.29, 0.717) is 18.0 Å². The van der Waals surface area contributed by atoms with Gasteiger partial charge in [-0.3, -0.25) is 4.72 Å². The molecule has 0 fully saturated rings. The number of hydrogen-bond acceptors (Lipinski definition) is 4. The average Bonchev–Trinajstić information content (AvgIpc) is 2.41. The minimum absolute atomic E-state index is 0.0615. The van der Waals surface area contributed by atoms with Crippen molar-refractivity contribution in [3.05, 3.63) is 47.7 Å². The van der Waals surface area contributed by atoms with Crippen LogP contribution >= 0.6 is 11.6 Å². The van der Waals surface area contributed by atoms with Crippen molar-refractivity contribution in [2.45, 2.75) is 11.8 Å². The lowest BCUT2D eigenvalue weighted by Gasteiger charge is -2.09. The first-order valence-electron chi connectivity index (χ1n) is 5.88. The highest BCUT2D eigenvalue weighted by Crippen LogP contribution is 2.20. The number of rotatable bonds is 5. The van der Waals surface area contributed by atoms with Crippen LogP contribution in [-0.2, 0) is 10.0 Å². The lowest BCUT2D eigenvalue weighted by Crippen LogP contribution is -2.13. The molecule has 1 heterocycles. The largest absolute Gasteiger partial charge is 0.494 e. The number of nitrogens with one attached hydrogen (secondary N) is 1. The molecule has 0 radical (unpaired) electrons. The van der Waals surface area contributed by atoms with Gasteiger partial charge in [0.2, 0.25) is 0 Å². The molecule has 2 rings (SSSR count). The summed E-state index contributed by atoms with van der Waals surface area (Å²) in [6.45, 7) is 2.43. The lowest BCUT2D eigenvalue weighted by molar-refractivity contribution is 0.340. The number of nitrogens with zero attached hydrogens (tertiary/aromatic N) is 1. The standard InChI is InChI=1S/C13H13ClN2O3S/c1-2-19-11-5-3-10(4-6-11)16-20(17,18)12-7-8-15-13(14)9-12/h3-9,16H,2H2,1H3. The first-order chi connectivity index (χ1) is 9.51. The summed E-state index contributed by atoms with van der Waals surface area (Å²) in [6, 6.07) is 9.32. The van der Waals surface area contributed by atoms with Crippen LogP contribution in [-0.4, -0.2) is 20.0 Å². The molecule has 0 bridgehead atoms. The third-order valence-electron chi connectivity index (χ3n) is 2.43. The van der Waals surface area contributed by atoms with Gasteiger partial charge < -0.3 is 4.74 Å². The molecule has 20 heavy (non-hydrogen) atoms. The van der Waals surface area contributed by atoms with Gasteiger partial charge in [-0.1, -0.05) is 11.6 Å². The molecule has 1 aromatic carbocycles. The molecule has 0 saturated carbocycles. The van der Waals surface area contributed by atoms with Crippen molar-refractivity contribution < 1.29 is 13.2 Å². The number of benzene rings is 1. The van der Waals surface area contributed by atoms with E-state index in [4.69, 9.17) is 16.3 Å². The molecule has 0 aliphatic heterocycles. The van der Waals surface area contributed by atoms with Crippen molar-refractivity contribution in [1.29, 1.82) is 0 Å². The van der Waals surface area contributed by atoms with Gasteiger partial charge in [0.25, 0.3) is 10.0 Å². The fourth-order valence-electron chi connectivity index (χ4n) is 1.55. The van der Waals surface area contributed by atoms with Gasteiger partial charge in [0.05, 0.1) is 11.5 Å². The molecular weight excluding hydrogens is 300 g/mol. The summed E-state index contributed by atoms with van der Waals surface area (Å²) < 4.78 is 32.0. The van der Waals surface area contributed by atoms with Gasteiger partial charge in [-0.05, 0) is 43.3 Å². The van der Waals surface area contributed by atoms with Crippen molar-refractivity contribution in [2.24, 2.45) is 0 Å². The molecule has 0 spiro atoms. The van der Waals surface area contributed by atoms with Gasteiger partial charge in [-0.2, -0.15) is 0 Å². The predicted octanol–water partition coefficient (Wildman–Crippen LogP) is 2.93. The topological polar surface area (TPSA) is 68.3 Å². The molecule has 0 amide bonds. The number of hydrogen-bond donors (Lipinski definition) is 1. The summed E-state index contributed by atoms with van der Waals surface area (Å²) in [7, 11) is -3.68. The van der Waals surface area contributed by atoms with E-state index in [-0.39, 0.29) is 10.0 Å². The number of ether oxygens (including phenoxy) is 1. The second-order valence-electron chi connectivity index (χ2n) is 3.88. The second-order valence-corrected chi connectivity index (χ2v) is 5.95. The molecule has 106 valence electrons.